The fourth-order valence-corrected chi connectivity index (χ4v) is 2.93. The van der Waals surface area contributed by atoms with Crippen molar-refractivity contribution >= 4 is 16.9 Å². The molecule has 0 saturated heterocycles. The first-order chi connectivity index (χ1) is 12.6. The van der Waals surface area contributed by atoms with Gasteiger partial charge in [-0.2, -0.15) is 18.3 Å². The molecule has 8 heteroatoms. The zero-order chi connectivity index (χ0) is 21.7. The molecule has 0 aliphatic rings. The van der Waals surface area contributed by atoms with Gasteiger partial charge in [-0.05, 0) is 53.0 Å². The molecule has 0 unspecified atom stereocenters. The molecule has 1 atom stereocenters. The average Bonchev–Trinajstić information content (AvgIpc) is 2.90. The number of aromatic nitrogens is 3. The molecule has 1 amide bonds. The largest absolute Gasteiger partial charge is 0.411 e. The maximum Gasteiger partial charge on any atom is 0.411 e. The number of aryl methyl sites for hydroxylation is 1. The number of amides is 1. The number of nitrogens with one attached hydrogen (secondary N) is 1. The van der Waals surface area contributed by atoms with E-state index in [4.69, 9.17) is 0 Å². The van der Waals surface area contributed by atoms with E-state index in [0.717, 1.165) is 6.92 Å². The van der Waals surface area contributed by atoms with Crippen LogP contribution in [-0.4, -0.2) is 32.4 Å². The molecule has 5 nitrogen and oxygen atoms in total. The maximum absolute atomic E-state index is 13.5. The number of hydrogen-bond acceptors (Lipinski definition) is 3. The number of carbonyl (C=O) groups excluding carboxylic acids is 1. The van der Waals surface area contributed by atoms with E-state index in [9.17, 15) is 18.0 Å². The van der Waals surface area contributed by atoms with E-state index >= 15 is 0 Å². The highest BCUT2D eigenvalue weighted by Crippen LogP contribution is 2.34. The number of alkyl halides is 3. The Morgan fingerprint density at radius 1 is 1.21 bits per heavy atom. The van der Waals surface area contributed by atoms with Gasteiger partial charge in [0.05, 0.1) is 22.2 Å². The predicted molar refractivity (Wildman–Crippen MR) is 104 cm³/mol. The van der Waals surface area contributed by atoms with Crippen LogP contribution in [0.5, 0.6) is 0 Å². The van der Waals surface area contributed by atoms with Gasteiger partial charge in [-0.15, -0.1) is 0 Å². The van der Waals surface area contributed by atoms with Crippen LogP contribution < -0.4 is 5.32 Å². The summed E-state index contributed by atoms with van der Waals surface area (Å²) >= 11 is 0. The third-order valence-electron chi connectivity index (χ3n) is 5.03. The summed E-state index contributed by atoms with van der Waals surface area (Å²) in [4.78, 5) is 17.7. The number of pyridine rings is 1. The monoisotopic (exact) mass is 398 g/mol. The summed E-state index contributed by atoms with van der Waals surface area (Å²) < 4.78 is 42.2. The number of halogens is 3. The summed E-state index contributed by atoms with van der Waals surface area (Å²) in [5, 5.41) is 7.21. The third kappa shape index (κ3) is 3.86. The Morgan fingerprint density at radius 3 is 2.21 bits per heavy atom. The summed E-state index contributed by atoms with van der Waals surface area (Å²) in [6.07, 6.45) is -4.83. The Morgan fingerprint density at radius 2 is 1.79 bits per heavy atom. The fourth-order valence-electron chi connectivity index (χ4n) is 2.93. The van der Waals surface area contributed by atoms with E-state index in [1.54, 1.807) is 17.7 Å². The molecule has 0 fully saturated rings. The van der Waals surface area contributed by atoms with Crippen LogP contribution in [0.4, 0.5) is 13.2 Å². The molecule has 0 aliphatic heterocycles. The molecule has 2 aromatic rings. The highest BCUT2D eigenvalue weighted by atomic mass is 19.4. The van der Waals surface area contributed by atoms with Crippen molar-refractivity contribution in [2.45, 2.75) is 85.0 Å². The smallest absolute Gasteiger partial charge is 0.338 e. The van der Waals surface area contributed by atoms with Gasteiger partial charge in [-0.3, -0.25) is 4.79 Å². The first kappa shape index (κ1) is 22.2. The minimum absolute atomic E-state index is 0.000232. The van der Waals surface area contributed by atoms with Gasteiger partial charge in [0.15, 0.2) is 5.65 Å². The van der Waals surface area contributed by atoms with E-state index in [1.165, 1.54) is 6.92 Å². The molecule has 156 valence electrons. The van der Waals surface area contributed by atoms with Crippen molar-refractivity contribution in [3.05, 3.63) is 23.0 Å². The van der Waals surface area contributed by atoms with E-state index < -0.39 is 23.2 Å². The first-order valence-electron chi connectivity index (χ1n) is 9.42. The lowest BCUT2D eigenvalue weighted by Crippen LogP contribution is -2.56. The van der Waals surface area contributed by atoms with Crippen LogP contribution in [0, 0.1) is 6.92 Å². The van der Waals surface area contributed by atoms with E-state index in [2.05, 4.69) is 15.4 Å². The van der Waals surface area contributed by atoms with Crippen molar-refractivity contribution in [1.82, 2.24) is 20.1 Å². The van der Waals surface area contributed by atoms with Crippen molar-refractivity contribution in [3.8, 4) is 0 Å². The summed E-state index contributed by atoms with van der Waals surface area (Å²) in [5.74, 6) is -0.771. The lowest BCUT2D eigenvalue weighted by atomic mass is 9.96. The predicted octanol–water partition coefficient (Wildman–Crippen LogP) is 5.08. The second-order valence-electron chi connectivity index (χ2n) is 8.75. The molecule has 2 aromatic heterocycles. The third-order valence-corrected chi connectivity index (χ3v) is 5.03. The Labute approximate surface area is 163 Å². The lowest BCUT2D eigenvalue weighted by molar-refractivity contribution is -0.188. The zero-order valence-corrected chi connectivity index (χ0v) is 17.7. The summed E-state index contributed by atoms with van der Waals surface area (Å²) in [5.41, 5.74) is -0.841. The Bertz CT molecular complexity index is 893. The second-order valence-corrected chi connectivity index (χ2v) is 8.75. The van der Waals surface area contributed by atoms with Crippen molar-refractivity contribution in [2.24, 2.45) is 0 Å². The van der Waals surface area contributed by atoms with E-state index in [1.807, 2.05) is 34.6 Å². The number of fused-ring (bicyclic) bond motifs is 1. The molecule has 0 saturated carbocycles. The van der Waals surface area contributed by atoms with Crippen LogP contribution in [0.1, 0.15) is 82.6 Å². The second kappa shape index (κ2) is 7.04. The number of nitrogens with zero attached hydrogens (tertiary/aromatic N) is 3. The van der Waals surface area contributed by atoms with Crippen LogP contribution in [0.25, 0.3) is 11.0 Å². The molecule has 2 heterocycles. The molecule has 28 heavy (non-hydrogen) atoms. The molecular weight excluding hydrogens is 369 g/mol. The molecule has 0 radical (unpaired) electrons. The number of carbonyl (C=O) groups is 1. The van der Waals surface area contributed by atoms with E-state index in [-0.39, 0.29) is 17.9 Å². The van der Waals surface area contributed by atoms with Gasteiger partial charge >= 0.3 is 6.18 Å². The Balaban J connectivity index is 2.73. The van der Waals surface area contributed by atoms with Crippen molar-refractivity contribution < 1.29 is 18.0 Å². The van der Waals surface area contributed by atoms with Gasteiger partial charge in [-0.25, -0.2) is 9.67 Å². The normalized spacial score (nSPS) is 15.1. The summed E-state index contributed by atoms with van der Waals surface area (Å²) in [6.45, 7) is 13.9. The van der Waals surface area contributed by atoms with Crippen molar-refractivity contribution in [3.63, 3.8) is 0 Å². The lowest BCUT2D eigenvalue weighted by Gasteiger charge is -2.32. The minimum Gasteiger partial charge on any atom is -0.338 e. The first-order valence-corrected chi connectivity index (χ1v) is 9.42. The van der Waals surface area contributed by atoms with Crippen LogP contribution in [-0.2, 0) is 5.54 Å². The van der Waals surface area contributed by atoms with Crippen molar-refractivity contribution in [1.29, 1.82) is 0 Å². The van der Waals surface area contributed by atoms with Gasteiger partial charge in [0.2, 0.25) is 0 Å². The summed E-state index contributed by atoms with van der Waals surface area (Å²) in [6, 6.07) is 1.58. The number of rotatable bonds is 4. The fraction of sp³-hybridized carbons (Fsp3) is 0.650. The minimum atomic E-state index is -4.56. The molecule has 2 rings (SSSR count). The van der Waals surface area contributed by atoms with Gasteiger partial charge < -0.3 is 5.32 Å². The molecule has 1 N–H and O–H groups in total. The van der Waals surface area contributed by atoms with Gasteiger partial charge in [0.25, 0.3) is 5.91 Å². The zero-order valence-electron chi connectivity index (χ0n) is 17.7. The maximum atomic E-state index is 13.5. The number of hydrogen-bond donors (Lipinski definition) is 1. The average molecular weight is 398 g/mol. The quantitative estimate of drug-likeness (QED) is 0.781. The van der Waals surface area contributed by atoms with Crippen LogP contribution >= 0.6 is 0 Å². The molecule has 0 aliphatic carbocycles. The molecular formula is C20H29F3N4O. The van der Waals surface area contributed by atoms with Gasteiger partial charge in [-0.1, -0.05) is 20.8 Å². The standard InChI is InChI=1S/C20H29F3N4O/c1-9-19(8,20(21,22)23)25-17(28)13-10-14(11(2)3)24-16-15(13)12(4)26-27(16)18(5,6)7/h10-11H,9H2,1-8H3,(H,25,28)/t19-/m1/s1. The van der Waals surface area contributed by atoms with Gasteiger partial charge in [0, 0.05) is 5.69 Å². The highest BCUT2D eigenvalue weighted by molar-refractivity contribution is 6.07. The topological polar surface area (TPSA) is 59.8 Å². The van der Waals surface area contributed by atoms with Crippen LogP contribution in [0.2, 0.25) is 0 Å². The van der Waals surface area contributed by atoms with E-state index in [0.29, 0.717) is 22.4 Å². The Kier molecular flexibility index (Phi) is 5.58. The van der Waals surface area contributed by atoms with Crippen LogP contribution in [0.3, 0.4) is 0 Å². The highest BCUT2D eigenvalue weighted by Gasteiger charge is 2.51. The van der Waals surface area contributed by atoms with Crippen molar-refractivity contribution in [2.75, 3.05) is 0 Å². The summed E-state index contributed by atoms with van der Waals surface area (Å²) in [7, 11) is 0. The SMILES string of the molecule is CC[C@@](C)(NC(=O)c1cc(C(C)C)nc2c1c(C)nn2C(C)(C)C)C(F)(F)F. The molecule has 0 spiro atoms. The molecule has 0 bridgehead atoms. The molecule has 0 aromatic carbocycles. The van der Waals surface area contributed by atoms with Gasteiger partial charge in [0.1, 0.15) is 5.54 Å². The van der Waals surface area contributed by atoms with Crippen LogP contribution in [0.15, 0.2) is 6.07 Å². The Hall–Kier alpha value is -2.12.